The topological polar surface area (TPSA) is 38.9 Å². The summed E-state index contributed by atoms with van der Waals surface area (Å²) < 4.78 is 64.1. The average Bonchev–Trinajstić information content (AvgIpc) is 1.55. The monoisotopic (exact) mass is 1790 g/mol. The molecular formula is C109H103F6N5P3Pd+. The van der Waals surface area contributed by atoms with Gasteiger partial charge in [0.15, 0.2) is 0 Å². The minimum atomic E-state index is -10.7. The molecule has 0 spiro atoms. The summed E-state index contributed by atoms with van der Waals surface area (Å²) in [5.74, 6) is 1.98. The summed E-state index contributed by atoms with van der Waals surface area (Å²) in [6.07, 6.45) is 1.25. The zero-order valence-electron chi connectivity index (χ0n) is 71.2. The summed E-state index contributed by atoms with van der Waals surface area (Å²) in [4.78, 5) is 13.6. The van der Waals surface area contributed by atoms with Crippen LogP contribution < -0.4 is 31.8 Å². The molecule has 5 nitrogen and oxygen atoms in total. The molecule has 0 saturated heterocycles. The molecule has 0 aliphatic carbocycles. The van der Waals surface area contributed by atoms with Crippen LogP contribution in [0.3, 0.4) is 0 Å². The summed E-state index contributed by atoms with van der Waals surface area (Å²) >= 11 is 0. The number of aromatic nitrogens is 4. The van der Waals surface area contributed by atoms with Crippen LogP contribution >= 0.6 is 23.7 Å². The summed E-state index contributed by atoms with van der Waals surface area (Å²) in [6, 6.07) is 152. The van der Waals surface area contributed by atoms with Crippen molar-refractivity contribution in [3.8, 4) is 67.8 Å². The van der Waals surface area contributed by atoms with Crippen LogP contribution in [0, 0.1) is 6.07 Å². The average molecular weight is 1800 g/mol. The second-order valence-corrected chi connectivity index (χ2v) is 35.7. The van der Waals surface area contributed by atoms with E-state index in [-0.39, 0.29) is 20.4 Å². The van der Waals surface area contributed by atoms with Gasteiger partial charge < -0.3 is 14.0 Å². The fourth-order valence-electron chi connectivity index (χ4n) is 15.0. The van der Waals surface area contributed by atoms with Gasteiger partial charge in [0.25, 0.3) is 0 Å². The molecule has 15 heteroatoms. The van der Waals surface area contributed by atoms with E-state index in [4.69, 9.17) is 9.97 Å². The summed E-state index contributed by atoms with van der Waals surface area (Å²) in [5, 5.41) is 15.4. The molecule has 2 aromatic heterocycles. The van der Waals surface area contributed by atoms with E-state index in [0.717, 1.165) is 56.7 Å². The van der Waals surface area contributed by atoms with Crippen molar-refractivity contribution < 1.29 is 45.6 Å². The molecule has 2 heterocycles. The zero-order valence-corrected chi connectivity index (χ0v) is 75.5. The van der Waals surface area contributed by atoms with Gasteiger partial charge in [-0.2, -0.15) is 18.2 Å². The second-order valence-electron chi connectivity index (χ2n) is 29.2. The van der Waals surface area contributed by atoms with Gasteiger partial charge in [-0.1, -0.05) is 412 Å². The van der Waals surface area contributed by atoms with Gasteiger partial charge in [0, 0.05) is 46.9 Å². The third-order valence-corrected chi connectivity index (χ3v) is 25.6. The molecule has 0 saturated carbocycles. The van der Waals surface area contributed by atoms with Crippen molar-refractivity contribution in [1.82, 2.24) is 24.0 Å². The molecular weight excluding hydrogens is 1690 g/mol. The first kappa shape index (κ1) is 92.9. The number of fused-ring (bicyclic) bond motifs is 3. The number of hydrogen-bond donors (Lipinski definition) is 0. The van der Waals surface area contributed by atoms with Gasteiger partial charge in [-0.05, 0) is 108 Å². The quantitative estimate of drug-likeness (QED) is 0.0372. The van der Waals surface area contributed by atoms with Gasteiger partial charge >= 0.3 is 53.4 Å². The number of rotatable bonds is 18. The van der Waals surface area contributed by atoms with Crippen LogP contribution in [-0.2, 0) is 33.5 Å². The Morgan fingerprint density at radius 2 is 0.661 bits per heavy atom. The molecule has 0 unspecified atom stereocenters. The fourth-order valence-corrected chi connectivity index (χ4v) is 20.2. The Labute approximate surface area is 743 Å². The summed E-state index contributed by atoms with van der Waals surface area (Å²) in [6.45, 7) is 15.8. The van der Waals surface area contributed by atoms with Crippen LogP contribution in [0.1, 0.15) is 77.6 Å². The molecule has 0 aliphatic heterocycles. The Morgan fingerprint density at radius 3 is 1.04 bits per heavy atom. The normalized spacial score (nSPS) is 11.7. The molecule has 630 valence electrons. The molecule has 18 aromatic rings. The summed E-state index contributed by atoms with van der Waals surface area (Å²) in [5.41, 5.74) is 14.9. The smallest absolute Gasteiger partial charge is 0.319 e. The van der Waals surface area contributed by atoms with Gasteiger partial charge in [0.1, 0.15) is 27.6 Å². The Morgan fingerprint density at radius 1 is 0.363 bits per heavy atom. The Kier molecular flexibility index (Phi) is 32.6. The molecule has 0 fully saturated rings. The molecule has 16 aromatic carbocycles. The van der Waals surface area contributed by atoms with E-state index in [1.165, 1.54) is 98.4 Å². The minimum Gasteiger partial charge on any atom is -0.319 e. The number of imidazole rings is 2. The van der Waals surface area contributed by atoms with Gasteiger partial charge in [-0.3, -0.25) is 0 Å². The second kappa shape index (κ2) is 43.5. The van der Waals surface area contributed by atoms with Crippen molar-refractivity contribution in [1.29, 1.82) is 0 Å². The first-order valence-electron chi connectivity index (χ1n) is 41.8. The number of nitrogens with zero attached hydrogens (tertiary/aromatic N) is 5. The Bertz CT molecular complexity index is 5900. The maximum absolute atomic E-state index is 10.7. The van der Waals surface area contributed by atoms with Crippen LogP contribution in [-0.4, -0.2) is 38.1 Å². The molecule has 0 N–H and O–H groups in total. The van der Waals surface area contributed by atoms with E-state index in [1.807, 2.05) is 33.8 Å². The molecule has 1 atom stereocenters. The van der Waals surface area contributed by atoms with Crippen LogP contribution in [0.2, 0.25) is 0 Å². The van der Waals surface area contributed by atoms with E-state index in [2.05, 4.69) is 461 Å². The number of halogens is 6. The predicted octanol–water partition coefficient (Wildman–Crippen LogP) is 29.5. The molecule has 0 aliphatic rings. The van der Waals surface area contributed by atoms with Crippen molar-refractivity contribution in [2.45, 2.75) is 74.0 Å². The third-order valence-electron chi connectivity index (χ3n) is 20.4. The molecule has 124 heavy (non-hydrogen) atoms. The standard InChI is InChI=1S/2C44H33N2P.C14H16N.C3H8.2C2H6.F6P.Pd/c2*1-6-18-33(19-7-1)32-46-43(36-23-10-3-11-24-36)42(35-21-8-2-9-22-35)45-44(46)41-39-29-17-16-20-34(39)30-31-40(41)47(37-25-12-4-13-26-37)38-27-14-5-15-28-38;1-11(15(2)3)13-10-6-8-12-7-4-5-9-14(12)13;1-3-2;2*1-2;1-7(2,3,4,5)6;/h2*1-31H,32H2;4-9,11H,1-3H3;3H2,1-2H3;2*1-2H3;;/q;;-1;;;;-1;+2/p+1/t;;11-;;;;;/m..1...../s1. The number of benzene rings is 16. The van der Waals surface area contributed by atoms with Gasteiger partial charge in [0.05, 0.1) is 36.3 Å². The fraction of sp³-hybridized carbons (Fsp3) is 0.119. The maximum Gasteiger partial charge on any atom is 2.00 e. The van der Waals surface area contributed by atoms with Crippen LogP contribution in [0.25, 0.3) is 100 Å². The van der Waals surface area contributed by atoms with E-state index in [1.54, 1.807) is 0 Å². The van der Waals surface area contributed by atoms with Crippen LogP contribution in [0.5, 0.6) is 0 Å². The van der Waals surface area contributed by atoms with E-state index < -0.39 is 23.7 Å². The first-order valence-corrected chi connectivity index (χ1v) is 46.7. The van der Waals surface area contributed by atoms with E-state index in [0.29, 0.717) is 19.1 Å². The van der Waals surface area contributed by atoms with Crippen LogP contribution in [0.15, 0.2) is 413 Å². The SMILES string of the molecule is CC.CC.CCC.C[C@H](c1[c-]ccc2ccccc12)N(C)C.F[P-](F)(F)(F)(F)F.[Pd+2].c1ccc(Cn2c(-c3c(P(c4ccccc4)c4ccccc4)ccc4ccccc34)nc(-c3ccccc3)c2-c2ccccc2)cc1.c1ccc(Cn2c(-c3c([PH+](c4ccccc4)c4ccccc4)ccc4ccccc34)nc(-c3ccccc3)c2-c2ccccc2)cc1. The predicted molar refractivity (Wildman–Crippen MR) is 519 cm³/mol. The van der Waals surface area contributed by atoms with Gasteiger partial charge in [-0.25, -0.2) is 9.97 Å². The van der Waals surface area contributed by atoms with E-state index in [9.17, 15) is 25.2 Å². The summed E-state index contributed by atoms with van der Waals surface area (Å²) in [7, 11) is -8.78. The van der Waals surface area contributed by atoms with Gasteiger partial charge in [0.2, 0.25) is 0 Å². The first-order chi connectivity index (χ1) is 59.8. The van der Waals surface area contributed by atoms with Crippen molar-refractivity contribution in [3.05, 3.63) is 435 Å². The van der Waals surface area contributed by atoms with E-state index >= 15 is 0 Å². The van der Waals surface area contributed by atoms with Crippen LogP contribution in [0.4, 0.5) is 25.2 Å². The van der Waals surface area contributed by atoms with Gasteiger partial charge in [-0.15, -0.1) is 22.4 Å². The third kappa shape index (κ3) is 24.2. The number of hydrogen-bond acceptors (Lipinski definition) is 3. The van der Waals surface area contributed by atoms with Crippen molar-refractivity contribution >= 4 is 87.8 Å². The largest absolute Gasteiger partial charge is 2.00 e. The Balaban J connectivity index is 0.000000182. The minimum absolute atomic E-state index is 0. The van der Waals surface area contributed by atoms with Crippen molar-refractivity contribution in [2.75, 3.05) is 14.1 Å². The maximum atomic E-state index is 9.87. The molecule has 0 radical (unpaired) electrons. The zero-order chi connectivity index (χ0) is 86.8. The Hall–Kier alpha value is -11.8. The molecule has 0 bridgehead atoms. The van der Waals surface area contributed by atoms with Crippen molar-refractivity contribution in [2.24, 2.45) is 0 Å². The molecule has 18 rings (SSSR count). The molecule has 0 amide bonds. The van der Waals surface area contributed by atoms with Crippen molar-refractivity contribution in [3.63, 3.8) is 0 Å².